The number of nitriles is 1. The molecule has 3 nitrogen and oxygen atoms in total. The maximum Gasteiger partial charge on any atom is 0.140 e. The molecule has 2 radical (unpaired) electrons. The van der Waals surface area contributed by atoms with Crippen LogP contribution in [0.1, 0.15) is 6.42 Å². The average molecular weight is 107 g/mol. The zero-order valence-corrected chi connectivity index (χ0v) is 4.55. The average Bonchev–Trinajstić information content (AvgIpc) is 2.14. The van der Waals surface area contributed by atoms with Crippen molar-refractivity contribution in [3.63, 3.8) is 0 Å². The van der Waals surface area contributed by atoms with E-state index >= 15 is 0 Å². The zero-order valence-electron chi connectivity index (χ0n) is 4.55. The van der Waals surface area contributed by atoms with Gasteiger partial charge in [0.05, 0.1) is 0 Å². The van der Waals surface area contributed by atoms with E-state index in [-0.39, 0.29) is 0 Å². The molecule has 40 valence electrons. The second kappa shape index (κ2) is 1.83. The molecule has 0 aliphatic carbocycles. The van der Waals surface area contributed by atoms with Crippen LogP contribution in [0.4, 0.5) is 0 Å². The van der Waals surface area contributed by atoms with Crippen LogP contribution >= 0.6 is 0 Å². The first-order valence-electron chi connectivity index (χ1n) is 2.28. The summed E-state index contributed by atoms with van der Waals surface area (Å²) in [5, 5.41) is 13.5. The Balaban J connectivity index is 2.61. The van der Waals surface area contributed by atoms with Crippen molar-refractivity contribution in [2.75, 3.05) is 7.05 Å². The van der Waals surface area contributed by atoms with Gasteiger partial charge in [-0.05, 0) is 0 Å². The van der Waals surface area contributed by atoms with Crippen LogP contribution in [0.3, 0.4) is 0 Å². The Labute approximate surface area is 48.2 Å². The van der Waals surface area contributed by atoms with Crippen molar-refractivity contribution in [3.8, 4) is 6.07 Å². The van der Waals surface area contributed by atoms with Gasteiger partial charge < -0.3 is 0 Å². The number of rotatable bonds is 0. The smallest absolute Gasteiger partial charge is 0.140 e. The predicted molar refractivity (Wildman–Crippen MR) is 28.7 cm³/mol. The van der Waals surface area contributed by atoms with Crippen molar-refractivity contribution in [1.29, 1.82) is 5.26 Å². The van der Waals surface area contributed by atoms with Crippen molar-refractivity contribution in [2.45, 2.75) is 6.42 Å². The summed E-state index contributed by atoms with van der Waals surface area (Å²) in [6.45, 7) is 2.83. The molecule has 0 fully saturated rings. The van der Waals surface area contributed by atoms with Gasteiger partial charge in [-0.2, -0.15) is 10.4 Å². The summed E-state index contributed by atoms with van der Waals surface area (Å²) in [7, 11) is 1.75. The second-order valence-electron chi connectivity index (χ2n) is 1.52. The summed E-state index contributed by atoms with van der Waals surface area (Å²) >= 11 is 0. The van der Waals surface area contributed by atoms with Gasteiger partial charge in [0.15, 0.2) is 0 Å². The van der Waals surface area contributed by atoms with Crippen molar-refractivity contribution < 1.29 is 0 Å². The molecule has 0 bridgehead atoms. The Morgan fingerprint density at radius 2 is 2.75 bits per heavy atom. The lowest BCUT2D eigenvalue weighted by atomic mass is 10.3. The lowest BCUT2D eigenvalue weighted by Crippen LogP contribution is -1.98. The molecule has 1 aliphatic heterocycles. The lowest BCUT2D eigenvalue weighted by molar-refractivity contribution is 0.456. The van der Waals surface area contributed by atoms with Crippen molar-refractivity contribution in [2.24, 2.45) is 5.10 Å². The molecule has 0 saturated heterocycles. The monoisotopic (exact) mass is 107 g/mol. The fraction of sp³-hybridized carbons (Fsp3) is 0.400. The first-order valence-corrected chi connectivity index (χ1v) is 2.28. The molecule has 0 aromatic heterocycles. The standard InChI is InChI=1S/C5H5N3/c1-8-3-2-5(4-6)7-8/h2H2,1H3. The quantitative estimate of drug-likeness (QED) is 0.445. The Bertz CT molecular complexity index is 154. The molecule has 0 amide bonds. The van der Waals surface area contributed by atoms with Gasteiger partial charge in [0.1, 0.15) is 18.3 Å². The van der Waals surface area contributed by atoms with Crippen LogP contribution in [0.25, 0.3) is 0 Å². The third-order valence-electron chi connectivity index (χ3n) is 0.875. The van der Waals surface area contributed by atoms with Crippen LogP contribution in [0.2, 0.25) is 0 Å². The van der Waals surface area contributed by atoms with E-state index in [4.69, 9.17) is 5.26 Å². The van der Waals surface area contributed by atoms with E-state index in [1.807, 2.05) is 6.07 Å². The van der Waals surface area contributed by atoms with Gasteiger partial charge in [0, 0.05) is 13.5 Å². The summed E-state index contributed by atoms with van der Waals surface area (Å²) < 4.78 is 0. The Morgan fingerprint density at radius 3 is 3.00 bits per heavy atom. The lowest BCUT2D eigenvalue weighted by Gasteiger charge is -1.98. The van der Waals surface area contributed by atoms with Gasteiger partial charge in [-0.3, -0.25) is 5.01 Å². The SMILES string of the molecule is CN1[C]CC(C#N)=N1. The molecular weight excluding hydrogens is 102 g/mol. The fourth-order valence-corrected chi connectivity index (χ4v) is 0.503. The minimum atomic E-state index is 0.535. The minimum absolute atomic E-state index is 0.535. The molecule has 0 spiro atoms. The fourth-order valence-electron chi connectivity index (χ4n) is 0.503. The molecular formula is C5H5N3. The minimum Gasteiger partial charge on any atom is -0.287 e. The number of hydrazone groups is 1. The van der Waals surface area contributed by atoms with E-state index in [1.54, 1.807) is 7.05 Å². The van der Waals surface area contributed by atoms with Gasteiger partial charge in [-0.15, -0.1) is 0 Å². The van der Waals surface area contributed by atoms with Crippen LogP contribution in [0.15, 0.2) is 5.10 Å². The van der Waals surface area contributed by atoms with E-state index in [2.05, 4.69) is 11.6 Å². The first-order chi connectivity index (χ1) is 3.83. The topological polar surface area (TPSA) is 39.4 Å². The van der Waals surface area contributed by atoms with E-state index in [1.165, 1.54) is 5.01 Å². The van der Waals surface area contributed by atoms with Gasteiger partial charge in [-0.1, -0.05) is 0 Å². The number of hydrogen-bond acceptors (Lipinski definition) is 3. The summed E-state index contributed by atoms with van der Waals surface area (Å²) in [5.74, 6) is 0. The molecule has 0 atom stereocenters. The highest BCUT2D eigenvalue weighted by Gasteiger charge is 2.09. The number of nitrogens with zero attached hydrogens (tertiary/aromatic N) is 3. The summed E-state index contributed by atoms with van der Waals surface area (Å²) in [5.41, 5.74) is 0.535. The van der Waals surface area contributed by atoms with Gasteiger partial charge in [0.2, 0.25) is 0 Å². The van der Waals surface area contributed by atoms with Crippen LogP contribution in [-0.2, 0) is 0 Å². The van der Waals surface area contributed by atoms with Crippen LogP contribution in [0.5, 0.6) is 0 Å². The highest BCUT2D eigenvalue weighted by molar-refractivity contribution is 5.99. The molecule has 0 N–H and O–H groups in total. The van der Waals surface area contributed by atoms with E-state index in [0.29, 0.717) is 12.1 Å². The van der Waals surface area contributed by atoms with Crippen molar-refractivity contribution in [1.82, 2.24) is 5.01 Å². The largest absolute Gasteiger partial charge is 0.287 e. The second-order valence-corrected chi connectivity index (χ2v) is 1.52. The third-order valence-corrected chi connectivity index (χ3v) is 0.875. The Hall–Kier alpha value is -1.04. The van der Waals surface area contributed by atoms with E-state index in [9.17, 15) is 0 Å². The predicted octanol–water partition coefficient (Wildman–Crippen LogP) is 0.240. The normalized spacial score (nSPS) is 18.0. The van der Waals surface area contributed by atoms with Gasteiger partial charge >= 0.3 is 0 Å². The van der Waals surface area contributed by atoms with Crippen molar-refractivity contribution in [3.05, 3.63) is 6.54 Å². The van der Waals surface area contributed by atoms with E-state index < -0.39 is 0 Å². The molecule has 0 aromatic rings. The molecule has 1 rings (SSSR count). The maximum absolute atomic E-state index is 8.24. The molecule has 0 aromatic carbocycles. The summed E-state index contributed by atoms with van der Waals surface area (Å²) in [6.07, 6.45) is 0.562. The van der Waals surface area contributed by atoms with Gasteiger partial charge in [0.25, 0.3) is 0 Å². The first kappa shape index (κ1) is 5.10. The summed E-state index contributed by atoms with van der Waals surface area (Å²) in [4.78, 5) is 0. The van der Waals surface area contributed by atoms with E-state index in [0.717, 1.165) is 0 Å². The van der Waals surface area contributed by atoms with Crippen molar-refractivity contribution >= 4 is 5.71 Å². The third kappa shape index (κ3) is 0.784. The maximum atomic E-state index is 8.24. The molecule has 0 unspecified atom stereocenters. The highest BCUT2D eigenvalue weighted by atomic mass is 15.4. The molecule has 3 heteroatoms. The van der Waals surface area contributed by atoms with Crippen LogP contribution in [0, 0.1) is 17.9 Å². The molecule has 0 saturated carbocycles. The van der Waals surface area contributed by atoms with Crippen LogP contribution < -0.4 is 0 Å². The zero-order chi connectivity index (χ0) is 5.98. The summed E-state index contributed by atoms with van der Waals surface area (Å²) in [6, 6.07) is 1.94. The highest BCUT2D eigenvalue weighted by Crippen LogP contribution is 2.05. The van der Waals surface area contributed by atoms with Crippen LogP contribution in [-0.4, -0.2) is 17.8 Å². The molecule has 1 aliphatic rings. The molecule has 8 heavy (non-hydrogen) atoms. The Morgan fingerprint density at radius 1 is 2.00 bits per heavy atom. The van der Waals surface area contributed by atoms with Gasteiger partial charge in [-0.25, -0.2) is 0 Å². The Kier molecular flexibility index (Phi) is 1.17. The number of hydrogen-bond donors (Lipinski definition) is 0. The molecule has 1 heterocycles.